The number of para-hydroxylation sites is 1. The number of nitrogens with one attached hydrogen (secondary N) is 2. The quantitative estimate of drug-likeness (QED) is 0.438. The molecule has 0 spiro atoms. The number of alkyl halides is 3. The third-order valence-corrected chi connectivity index (χ3v) is 5.88. The molecule has 0 saturated heterocycles. The summed E-state index contributed by atoms with van der Waals surface area (Å²) in [7, 11) is 0. The van der Waals surface area contributed by atoms with E-state index in [0.717, 1.165) is 29.6 Å². The summed E-state index contributed by atoms with van der Waals surface area (Å²) >= 11 is 8.00. The second-order valence-corrected chi connectivity index (χ2v) is 8.80. The van der Waals surface area contributed by atoms with Gasteiger partial charge in [0.05, 0.1) is 16.5 Å². The van der Waals surface area contributed by atoms with E-state index in [1.165, 1.54) is 17.4 Å². The molecule has 3 aromatic rings. The minimum absolute atomic E-state index is 0.0648. The fourth-order valence-electron chi connectivity index (χ4n) is 2.25. The Kier molecular flexibility index (Phi) is 6.66. The van der Waals surface area contributed by atoms with Gasteiger partial charge in [-0.3, -0.25) is 4.79 Å². The molecular formula is C18H14ClF3N4OS2. The number of amides is 1. The Morgan fingerprint density at radius 2 is 1.90 bits per heavy atom. The van der Waals surface area contributed by atoms with E-state index in [2.05, 4.69) is 20.8 Å². The van der Waals surface area contributed by atoms with Gasteiger partial charge in [-0.25, -0.2) is 0 Å². The summed E-state index contributed by atoms with van der Waals surface area (Å²) in [6.07, 6.45) is -4.64. The van der Waals surface area contributed by atoms with Crippen molar-refractivity contribution in [1.29, 1.82) is 0 Å². The van der Waals surface area contributed by atoms with Gasteiger partial charge >= 0.3 is 6.18 Å². The summed E-state index contributed by atoms with van der Waals surface area (Å²) in [6.45, 7) is 1.58. The summed E-state index contributed by atoms with van der Waals surface area (Å²) in [4.78, 5) is 12.4. The fourth-order valence-corrected chi connectivity index (χ4v) is 4.34. The lowest BCUT2D eigenvalue weighted by atomic mass is 10.1. The maximum atomic E-state index is 13.2. The van der Waals surface area contributed by atoms with E-state index in [-0.39, 0.29) is 10.7 Å². The van der Waals surface area contributed by atoms with Crippen molar-refractivity contribution in [2.45, 2.75) is 22.7 Å². The molecule has 0 aliphatic rings. The molecule has 2 aromatic carbocycles. The van der Waals surface area contributed by atoms with Crippen molar-refractivity contribution >= 4 is 57.1 Å². The van der Waals surface area contributed by atoms with Crippen LogP contribution in [0.3, 0.4) is 0 Å². The van der Waals surface area contributed by atoms with Gasteiger partial charge in [-0.15, -0.1) is 10.2 Å². The molecule has 2 N–H and O–H groups in total. The summed E-state index contributed by atoms with van der Waals surface area (Å²) in [6, 6.07) is 12.6. The fraction of sp³-hybridized carbons (Fsp3) is 0.167. The van der Waals surface area contributed by atoms with Crippen LogP contribution in [0, 0.1) is 0 Å². The van der Waals surface area contributed by atoms with E-state index in [1.807, 2.05) is 30.3 Å². The largest absolute Gasteiger partial charge is 0.418 e. The van der Waals surface area contributed by atoms with Crippen molar-refractivity contribution in [3.8, 4) is 0 Å². The number of nitrogens with zero attached hydrogens (tertiary/aromatic N) is 2. The third kappa shape index (κ3) is 5.84. The number of aromatic nitrogens is 2. The first-order chi connectivity index (χ1) is 13.7. The van der Waals surface area contributed by atoms with Crippen LogP contribution in [-0.2, 0) is 11.0 Å². The third-order valence-electron chi connectivity index (χ3n) is 3.62. The molecule has 5 nitrogen and oxygen atoms in total. The molecule has 1 unspecified atom stereocenters. The zero-order chi connectivity index (χ0) is 21.0. The average Bonchev–Trinajstić information content (AvgIpc) is 3.09. The van der Waals surface area contributed by atoms with Crippen LogP contribution >= 0.6 is 34.7 Å². The molecule has 0 fully saturated rings. The van der Waals surface area contributed by atoms with Crippen molar-refractivity contribution in [3.05, 3.63) is 59.1 Å². The topological polar surface area (TPSA) is 66.9 Å². The molecule has 1 atom stereocenters. The van der Waals surface area contributed by atoms with Crippen molar-refractivity contribution in [3.63, 3.8) is 0 Å². The Bertz CT molecular complexity index is 998. The molecule has 1 amide bonds. The predicted molar refractivity (Wildman–Crippen MR) is 110 cm³/mol. The van der Waals surface area contributed by atoms with Crippen LogP contribution in [0.25, 0.3) is 0 Å². The highest BCUT2D eigenvalue weighted by Crippen LogP contribution is 2.37. The zero-order valence-corrected chi connectivity index (χ0v) is 17.2. The van der Waals surface area contributed by atoms with Gasteiger partial charge < -0.3 is 10.6 Å². The van der Waals surface area contributed by atoms with Crippen molar-refractivity contribution in [2.75, 3.05) is 10.6 Å². The number of carbonyl (C=O) groups is 1. The maximum Gasteiger partial charge on any atom is 0.418 e. The minimum atomic E-state index is -4.64. The smallest absolute Gasteiger partial charge is 0.330 e. The van der Waals surface area contributed by atoms with Crippen LogP contribution in [0.5, 0.6) is 0 Å². The molecule has 0 aliphatic carbocycles. The molecule has 0 saturated carbocycles. The van der Waals surface area contributed by atoms with Crippen LogP contribution in [0.15, 0.2) is 52.9 Å². The molecule has 1 heterocycles. The molecule has 0 aliphatic heterocycles. The van der Waals surface area contributed by atoms with E-state index < -0.39 is 22.9 Å². The Morgan fingerprint density at radius 1 is 1.17 bits per heavy atom. The van der Waals surface area contributed by atoms with Crippen LogP contribution in [0.2, 0.25) is 5.02 Å². The number of thioether (sulfide) groups is 1. The van der Waals surface area contributed by atoms with Crippen molar-refractivity contribution < 1.29 is 18.0 Å². The SMILES string of the molecule is CC(Sc1nnc(Nc2ccccc2)s1)C(=O)Nc1ccc(Cl)cc1C(F)(F)F. The van der Waals surface area contributed by atoms with Gasteiger partial charge in [-0.1, -0.05) is 52.9 Å². The molecule has 0 bridgehead atoms. The van der Waals surface area contributed by atoms with Crippen LogP contribution in [-0.4, -0.2) is 21.4 Å². The highest BCUT2D eigenvalue weighted by molar-refractivity contribution is 8.02. The summed E-state index contributed by atoms with van der Waals surface area (Å²) < 4.78 is 40.0. The lowest BCUT2D eigenvalue weighted by molar-refractivity contribution is -0.137. The number of benzene rings is 2. The second-order valence-electron chi connectivity index (χ2n) is 5.80. The van der Waals surface area contributed by atoms with Gasteiger partial charge in [0.2, 0.25) is 11.0 Å². The molecule has 152 valence electrons. The van der Waals surface area contributed by atoms with Gasteiger partial charge in [0.25, 0.3) is 0 Å². The monoisotopic (exact) mass is 458 g/mol. The molecule has 29 heavy (non-hydrogen) atoms. The normalized spacial score (nSPS) is 12.4. The Balaban J connectivity index is 1.65. The number of hydrogen-bond donors (Lipinski definition) is 2. The Labute approximate surface area is 177 Å². The van der Waals surface area contributed by atoms with Gasteiger partial charge in [-0.05, 0) is 37.3 Å². The minimum Gasteiger partial charge on any atom is -0.330 e. The molecular weight excluding hydrogens is 445 g/mol. The highest BCUT2D eigenvalue weighted by atomic mass is 35.5. The highest BCUT2D eigenvalue weighted by Gasteiger charge is 2.34. The predicted octanol–water partition coefficient (Wildman–Crippen LogP) is 6.07. The first-order valence-electron chi connectivity index (χ1n) is 8.22. The van der Waals surface area contributed by atoms with Gasteiger partial charge in [0, 0.05) is 10.7 Å². The van der Waals surface area contributed by atoms with Crippen molar-refractivity contribution in [2.24, 2.45) is 0 Å². The number of hydrogen-bond acceptors (Lipinski definition) is 6. The lowest BCUT2D eigenvalue weighted by Crippen LogP contribution is -2.24. The van der Waals surface area contributed by atoms with E-state index in [1.54, 1.807) is 6.92 Å². The van der Waals surface area contributed by atoms with E-state index in [4.69, 9.17) is 11.6 Å². The van der Waals surface area contributed by atoms with E-state index >= 15 is 0 Å². The van der Waals surface area contributed by atoms with Gasteiger partial charge in [0.15, 0.2) is 4.34 Å². The average molecular weight is 459 g/mol. The van der Waals surface area contributed by atoms with Crippen molar-refractivity contribution in [1.82, 2.24) is 10.2 Å². The van der Waals surface area contributed by atoms with Gasteiger partial charge in [0.1, 0.15) is 0 Å². The molecule has 11 heteroatoms. The van der Waals surface area contributed by atoms with E-state index in [9.17, 15) is 18.0 Å². The number of rotatable bonds is 6. The second kappa shape index (κ2) is 9.02. The summed E-state index contributed by atoms with van der Waals surface area (Å²) in [5, 5.41) is 13.2. The molecule has 0 radical (unpaired) electrons. The number of anilines is 3. The Hall–Kier alpha value is -2.30. The summed E-state index contributed by atoms with van der Waals surface area (Å²) in [5.41, 5.74) is -0.503. The van der Waals surface area contributed by atoms with Crippen LogP contribution in [0.1, 0.15) is 12.5 Å². The molecule has 3 rings (SSSR count). The maximum absolute atomic E-state index is 13.2. The zero-order valence-electron chi connectivity index (χ0n) is 14.8. The number of halogens is 4. The van der Waals surface area contributed by atoms with Gasteiger partial charge in [-0.2, -0.15) is 13.2 Å². The number of carbonyl (C=O) groups excluding carboxylic acids is 1. The lowest BCUT2D eigenvalue weighted by Gasteiger charge is -2.16. The molecule has 1 aromatic heterocycles. The first-order valence-corrected chi connectivity index (χ1v) is 10.3. The first kappa shape index (κ1) is 21.4. The van der Waals surface area contributed by atoms with E-state index in [0.29, 0.717) is 9.47 Å². The van der Waals surface area contributed by atoms with Crippen LogP contribution < -0.4 is 10.6 Å². The standard InChI is InChI=1S/C18H14ClF3N4OS2/c1-10(15(27)24-14-8-7-11(19)9-13(14)18(20,21)22)28-17-26-25-16(29-17)23-12-5-3-2-4-6-12/h2-10H,1H3,(H,23,25)(H,24,27). The Morgan fingerprint density at radius 3 is 2.59 bits per heavy atom. The summed E-state index contributed by atoms with van der Waals surface area (Å²) in [5.74, 6) is -0.587. The van der Waals surface area contributed by atoms with Crippen LogP contribution in [0.4, 0.5) is 29.7 Å².